The van der Waals surface area contributed by atoms with Crippen molar-refractivity contribution < 1.29 is 14.3 Å². The molecule has 0 saturated carbocycles. The minimum Gasteiger partial charge on any atom is -0.454 e. The highest BCUT2D eigenvalue weighted by molar-refractivity contribution is 6.01. The topological polar surface area (TPSA) is 79.0 Å². The van der Waals surface area contributed by atoms with E-state index in [-0.39, 0.29) is 12.4 Å². The van der Waals surface area contributed by atoms with Crippen LogP contribution in [-0.4, -0.2) is 37.9 Å². The summed E-state index contributed by atoms with van der Waals surface area (Å²) >= 11 is 0. The molecule has 0 aliphatic heterocycles. The number of benzene rings is 1. The molecule has 0 unspecified atom stereocenters. The summed E-state index contributed by atoms with van der Waals surface area (Å²) in [4.78, 5) is 24.7. The van der Waals surface area contributed by atoms with Gasteiger partial charge in [-0.2, -0.15) is 0 Å². The number of ether oxygens (including phenoxy) is 1. The fraction of sp³-hybridized carbons (Fsp3) is 0.368. The Bertz CT molecular complexity index is 984. The quantitative estimate of drug-likeness (QED) is 0.502. The molecule has 0 radical (unpaired) electrons. The summed E-state index contributed by atoms with van der Waals surface area (Å²) in [5.41, 5.74) is 4.34. The first kappa shape index (κ1) is 17.8. The Hall–Kier alpha value is -2.96. The molecule has 3 rings (SSSR count). The molecule has 0 saturated heterocycles. The fourth-order valence-electron chi connectivity index (χ4n) is 3.19. The molecular formula is C19H22N4O3. The lowest BCUT2D eigenvalue weighted by molar-refractivity contribution is 0.0474. The third kappa shape index (κ3) is 3.12. The maximum Gasteiger partial charge on any atom is 0.338 e. The number of aryl methyl sites for hydroxylation is 2. The Morgan fingerprint density at radius 1 is 1.12 bits per heavy atom. The number of esters is 1. The zero-order valence-corrected chi connectivity index (χ0v) is 15.4. The van der Waals surface area contributed by atoms with Crippen LogP contribution in [0.25, 0.3) is 11.0 Å². The number of carbonyl (C=O) groups is 2. The van der Waals surface area contributed by atoms with Gasteiger partial charge >= 0.3 is 5.97 Å². The van der Waals surface area contributed by atoms with Crippen LogP contribution in [0, 0.1) is 13.8 Å². The van der Waals surface area contributed by atoms with Crippen molar-refractivity contribution in [3.8, 4) is 0 Å². The smallest absolute Gasteiger partial charge is 0.338 e. The minimum atomic E-state index is -0.546. The van der Waals surface area contributed by atoms with E-state index in [0.717, 1.165) is 23.4 Å². The first-order chi connectivity index (χ1) is 12.5. The summed E-state index contributed by atoms with van der Waals surface area (Å²) < 4.78 is 9.01. The van der Waals surface area contributed by atoms with E-state index in [1.165, 1.54) is 0 Å². The van der Waals surface area contributed by atoms with E-state index in [9.17, 15) is 9.59 Å². The number of hydrogen-bond donors (Lipinski definition) is 0. The molecular weight excluding hydrogens is 332 g/mol. The van der Waals surface area contributed by atoms with Gasteiger partial charge in [-0.15, -0.1) is 5.10 Å². The molecule has 0 aliphatic carbocycles. The van der Waals surface area contributed by atoms with Crippen molar-refractivity contribution in [3.05, 3.63) is 46.8 Å². The molecule has 0 aliphatic rings. The van der Waals surface area contributed by atoms with E-state index in [1.807, 2.05) is 33.8 Å². The summed E-state index contributed by atoms with van der Waals surface area (Å²) in [6.45, 7) is 9.06. The number of fused-ring (bicyclic) bond motifs is 1. The average molecular weight is 354 g/mol. The number of nitrogens with zero attached hydrogens (tertiary/aromatic N) is 4. The SMILES string of the molecule is CCn1c(C)cc(C(=O)COC(=O)c2ccc3c(c2)nnn3CC)c1C. The second-order valence-corrected chi connectivity index (χ2v) is 6.14. The highest BCUT2D eigenvalue weighted by Crippen LogP contribution is 2.17. The predicted octanol–water partition coefficient (Wildman–Crippen LogP) is 2.93. The normalized spacial score (nSPS) is 11.1. The van der Waals surface area contributed by atoms with Gasteiger partial charge in [0.05, 0.1) is 11.1 Å². The lowest BCUT2D eigenvalue weighted by atomic mass is 10.1. The Labute approximate surface area is 151 Å². The number of carbonyl (C=O) groups excluding carboxylic acids is 2. The van der Waals surface area contributed by atoms with Crippen molar-refractivity contribution >= 4 is 22.8 Å². The van der Waals surface area contributed by atoms with Crippen molar-refractivity contribution in [2.45, 2.75) is 40.8 Å². The molecule has 1 aromatic carbocycles. The van der Waals surface area contributed by atoms with Crippen molar-refractivity contribution in [1.82, 2.24) is 19.6 Å². The fourth-order valence-corrected chi connectivity index (χ4v) is 3.19. The Morgan fingerprint density at radius 3 is 2.54 bits per heavy atom. The Morgan fingerprint density at radius 2 is 1.88 bits per heavy atom. The van der Waals surface area contributed by atoms with Crippen LogP contribution in [0.5, 0.6) is 0 Å². The summed E-state index contributed by atoms with van der Waals surface area (Å²) in [6.07, 6.45) is 0. The van der Waals surface area contributed by atoms with E-state index in [1.54, 1.807) is 22.9 Å². The van der Waals surface area contributed by atoms with Gasteiger partial charge in [0.15, 0.2) is 6.61 Å². The Balaban J connectivity index is 1.71. The third-order valence-electron chi connectivity index (χ3n) is 4.57. The van der Waals surface area contributed by atoms with E-state index in [4.69, 9.17) is 4.74 Å². The van der Waals surface area contributed by atoms with Gasteiger partial charge in [0.2, 0.25) is 5.78 Å². The zero-order chi connectivity index (χ0) is 18.8. The molecule has 2 heterocycles. The van der Waals surface area contributed by atoms with Crippen LogP contribution in [0.3, 0.4) is 0 Å². The van der Waals surface area contributed by atoms with Crippen LogP contribution < -0.4 is 0 Å². The second kappa shape index (κ2) is 7.11. The first-order valence-electron chi connectivity index (χ1n) is 8.66. The number of aromatic nitrogens is 4. The average Bonchev–Trinajstić information content (AvgIpc) is 3.18. The molecule has 7 nitrogen and oxygen atoms in total. The van der Waals surface area contributed by atoms with E-state index >= 15 is 0 Å². The third-order valence-corrected chi connectivity index (χ3v) is 4.57. The van der Waals surface area contributed by atoms with Crippen LogP contribution >= 0.6 is 0 Å². The van der Waals surface area contributed by atoms with Gasteiger partial charge in [0, 0.05) is 30.0 Å². The maximum absolute atomic E-state index is 12.4. The van der Waals surface area contributed by atoms with Crippen LogP contribution in [0.4, 0.5) is 0 Å². The minimum absolute atomic E-state index is 0.204. The van der Waals surface area contributed by atoms with Gasteiger partial charge in [0.25, 0.3) is 0 Å². The lowest BCUT2D eigenvalue weighted by Gasteiger charge is -2.06. The first-order valence-corrected chi connectivity index (χ1v) is 8.66. The van der Waals surface area contributed by atoms with Crippen molar-refractivity contribution in [2.75, 3.05) is 6.61 Å². The van der Waals surface area contributed by atoms with Crippen molar-refractivity contribution in [1.29, 1.82) is 0 Å². The van der Waals surface area contributed by atoms with Gasteiger partial charge in [-0.3, -0.25) is 4.79 Å². The molecule has 0 N–H and O–H groups in total. The summed E-state index contributed by atoms with van der Waals surface area (Å²) in [7, 11) is 0. The molecule has 0 fully saturated rings. The molecule has 0 atom stereocenters. The van der Waals surface area contributed by atoms with Crippen LogP contribution in [0.2, 0.25) is 0 Å². The van der Waals surface area contributed by atoms with Gasteiger partial charge in [0.1, 0.15) is 5.52 Å². The molecule has 3 aromatic rings. The monoisotopic (exact) mass is 354 g/mol. The predicted molar refractivity (Wildman–Crippen MR) is 97.4 cm³/mol. The summed E-state index contributed by atoms with van der Waals surface area (Å²) in [5.74, 6) is -0.750. The second-order valence-electron chi connectivity index (χ2n) is 6.14. The van der Waals surface area contributed by atoms with Crippen molar-refractivity contribution in [3.63, 3.8) is 0 Å². The number of hydrogen-bond acceptors (Lipinski definition) is 5. The molecule has 7 heteroatoms. The lowest BCUT2D eigenvalue weighted by Crippen LogP contribution is -2.15. The van der Waals surface area contributed by atoms with Gasteiger partial charge in [-0.25, -0.2) is 9.48 Å². The highest BCUT2D eigenvalue weighted by atomic mass is 16.5. The number of rotatable bonds is 6. The molecule has 0 spiro atoms. The van der Waals surface area contributed by atoms with Crippen LogP contribution in [-0.2, 0) is 17.8 Å². The van der Waals surface area contributed by atoms with E-state index < -0.39 is 5.97 Å². The molecule has 2 aromatic heterocycles. The summed E-state index contributed by atoms with van der Waals surface area (Å²) in [6, 6.07) is 6.91. The van der Waals surface area contributed by atoms with Crippen LogP contribution in [0.1, 0.15) is 46.0 Å². The number of Topliss-reactive ketones (excluding diaryl/α,β-unsaturated/α-hetero) is 1. The summed E-state index contributed by atoms with van der Waals surface area (Å²) in [5, 5.41) is 8.06. The highest BCUT2D eigenvalue weighted by Gasteiger charge is 2.18. The Kier molecular flexibility index (Phi) is 4.88. The van der Waals surface area contributed by atoms with Crippen LogP contribution in [0.15, 0.2) is 24.3 Å². The van der Waals surface area contributed by atoms with Gasteiger partial charge < -0.3 is 9.30 Å². The number of ketones is 1. The zero-order valence-electron chi connectivity index (χ0n) is 15.4. The largest absolute Gasteiger partial charge is 0.454 e. The van der Waals surface area contributed by atoms with Crippen molar-refractivity contribution in [2.24, 2.45) is 0 Å². The molecule has 0 amide bonds. The molecule has 26 heavy (non-hydrogen) atoms. The molecule has 0 bridgehead atoms. The van der Waals surface area contributed by atoms with Gasteiger partial charge in [-0.1, -0.05) is 5.21 Å². The molecule has 136 valence electrons. The standard InChI is InChI=1S/C19H22N4O3/c1-5-22-12(3)9-15(13(22)4)18(24)11-26-19(25)14-7-8-17-16(10-14)20-21-23(17)6-2/h7-10H,5-6,11H2,1-4H3. The van der Waals surface area contributed by atoms with E-state index in [2.05, 4.69) is 14.9 Å². The van der Waals surface area contributed by atoms with E-state index in [0.29, 0.717) is 23.2 Å². The maximum atomic E-state index is 12.4. The van der Waals surface area contributed by atoms with Gasteiger partial charge in [-0.05, 0) is 52.0 Å².